The Labute approximate surface area is 98.8 Å². The maximum Gasteiger partial charge on any atom is 0.338 e. The molecule has 0 amide bonds. The monoisotopic (exact) mass is 270 g/mol. The highest BCUT2D eigenvalue weighted by Crippen LogP contribution is 2.14. The van der Waals surface area contributed by atoms with Gasteiger partial charge in [0.15, 0.2) is 0 Å². The number of carbonyl (C=O) groups is 1. The summed E-state index contributed by atoms with van der Waals surface area (Å²) in [6.07, 6.45) is 0. The van der Waals surface area contributed by atoms with Crippen LogP contribution in [-0.2, 0) is 10.1 Å². The van der Waals surface area contributed by atoms with Crippen molar-refractivity contribution in [1.29, 1.82) is 0 Å². The van der Waals surface area contributed by atoms with E-state index in [1.54, 1.807) is 6.07 Å². The number of ether oxygens (including phenoxy) is 1. The fraction of sp³-hybridized carbons (Fsp3) is 0.417. The molecule has 1 aromatic rings. The van der Waals surface area contributed by atoms with Crippen molar-refractivity contribution in [2.24, 2.45) is 0 Å². The summed E-state index contributed by atoms with van der Waals surface area (Å²) in [6.45, 7) is 5.58. The van der Waals surface area contributed by atoms with Crippen LogP contribution in [0.5, 0.6) is 0 Å². The molecule has 0 fully saturated rings. The Balaban J connectivity index is 2.82. The highest BCUT2D eigenvalue weighted by atomic mass is 79.9. The molecule has 3 heteroatoms. The Bertz CT molecular complexity index is 353. The van der Waals surface area contributed by atoms with E-state index in [0.717, 1.165) is 10.9 Å². The molecular formula is C12H15BrO2. The molecule has 0 N–H and O–H groups in total. The summed E-state index contributed by atoms with van der Waals surface area (Å²) in [6, 6.07) is 7.42. The van der Waals surface area contributed by atoms with E-state index in [1.807, 2.05) is 39.0 Å². The maximum atomic E-state index is 11.7. The van der Waals surface area contributed by atoms with Crippen molar-refractivity contribution in [3.63, 3.8) is 0 Å². The lowest BCUT2D eigenvalue weighted by Crippen LogP contribution is -2.23. The first kappa shape index (κ1) is 12.2. The molecule has 0 aromatic heterocycles. The van der Waals surface area contributed by atoms with Crippen molar-refractivity contribution in [1.82, 2.24) is 0 Å². The quantitative estimate of drug-likeness (QED) is 0.607. The number of hydrogen-bond acceptors (Lipinski definition) is 2. The molecule has 1 rings (SSSR count). The Morgan fingerprint density at radius 2 is 2.07 bits per heavy atom. The first-order chi connectivity index (χ1) is 6.92. The summed E-state index contributed by atoms with van der Waals surface area (Å²) < 4.78 is 5.27. The molecule has 0 aliphatic rings. The zero-order valence-electron chi connectivity index (χ0n) is 9.21. The average Bonchev–Trinajstić information content (AvgIpc) is 2.15. The van der Waals surface area contributed by atoms with Crippen molar-refractivity contribution in [3.8, 4) is 0 Å². The van der Waals surface area contributed by atoms with E-state index in [2.05, 4.69) is 15.9 Å². The minimum atomic E-state index is -0.443. The molecule has 2 nitrogen and oxygen atoms in total. The highest BCUT2D eigenvalue weighted by Gasteiger charge is 2.17. The highest BCUT2D eigenvalue weighted by molar-refractivity contribution is 9.08. The number of carbonyl (C=O) groups excluding carboxylic acids is 1. The zero-order valence-corrected chi connectivity index (χ0v) is 10.8. The summed E-state index contributed by atoms with van der Waals surface area (Å²) in [5, 5.41) is 0.740. The molecule has 0 radical (unpaired) electrons. The van der Waals surface area contributed by atoms with E-state index in [9.17, 15) is 4.79 Å². The second-order valence-corrected chi connectivity index (χ2v) is 4.90. The second kappa shape index (κ2) is 4.79. The van der Waals surface area contributed by atoms with Gasteiger partial charge < -0.3 is 4.74 Å². The Morgan fingerprint density at radius 1 is 1.40 bits per heavy atom. The van der Waals surface area contributed by atoms with Crippen LogP contribution < -0.4 is 0 Å². The average molecular weight is 271 g/mol. The van der Waals surface area contributed by atoms with Gasteiger partial charge in [-0.1, -0.05) is 28.1 Å². The molecule has 0 saturated heterocycles. The van der Waals surface area contributed by atoms with Crippen LogP contribution in [0, 0.1) is 0 Å². The van der Waals surface area contributed by atoms with E-state index in [1.165, 1.54) is 0 Å². The number of esters is 1. The number of hydrogen-bond donors (Lipinski definition) is 0. The first-order valence-corrected chi connectivity index (χ1v) is 5.93. The Kier molecular flexibility index (Phi) is 3.91. The van der Waals surface area contributed by atoms with E-state index in [4.69, 9.17) is 4.74 Å². The van der Waals surface area contributed by atoms with Crippen molar-refractivity contribution < 1.29 is 9.53 Å². The first-order valence-electron chi connectivity index (χ1n) is 4.80. The number of halogens is 1. The third-order valence-electron chi connectivity index (χ3n) is 1.72. The van der Waals surface area contributed by atoms with E-state index >= 15 is 0 Å². The molecule has 82 valence electrons. The molecule has 0 bridgehead atoms. The molecule has 15 heavy (non-hydrogen) atoms. The maximum absolute atomic E-state index is 11.7. The van der Waals surface area contributed by atoms with Crippen LogP contribution in [-0.4, -0.2) is 11.6 Å². The molecule has 0 heterocycles. The predicted octanol–water partition coefficient (Wildman–Crippen LogP) is 3.54. The van der Waals surface area contributed by atoms with Crippen molar-refractivity contribution >= 4 is 21.9 Å². The van der Waals surface area contributed by atoms with E-state index in [0.29, 0.717) is 5.56 Å². The zero-order chi connectivity index (χ0) is 11.5. The van der Waals surface area contributed by atoms with Gasteiger partial charge in [-0.15, -0.1) is 0 Å². The van der Waals surface area contributed by atoms with Gasteiger partial charge in [0.2, 0.25) is 0 Å². The summed E-state index contributed by atoms with van der Waals surface area (Å²) in [5.74, 6) is -0.273. The van der Waals surface area contributed by atoms with Crippen LogP contribution in [0.3, 0.4) is 0 Å². The van der Waals surface area contributed by atoms with Crippen molar-refractivity contribution in [3.05, 3.63) is 35.4 Å². The van der Waals surface area contributed by atoms with E-state index < -0.39 is 5.60 Å². The lowest BCUT2D eigenvalue weighted by Gasteiger charge is -2.19. The number of benzene rings is 1. The van der Waals surface area contributed by atoms with Gasteiger partial charge in [-0.25, -0.2) is 4.79 Å². The van der Waals surface area contributed by atoms with Crippen LogP contribution in [0.1, 0.15) is 36.7 Å². The fourth-order valence-corrected chi connectivity index (χ4v) is 1.47. The SMILES string of the molecule is CC(C)(C)OC(=O)c1cccc(CBr)c1. The van der Waals surface area contributed by atoms with Gasteiger partial charge in [-0.05, 0) is 38.5 Å². The third-order valence-corrected chi connectivity index (χ3v) is 2.36. The third kappa shape index (κ3) is 4.04. The lowest BCUT2D eigenvalue weighted by molar-refractivity contribution is 0.00694. The topological polar surface area (TPSA) is 26.3 Å². The van der Waals surface area contributed by atoms with Crippen molar-refractivity contribution in [2.75, 3.05) is 0 Å². The number of alkyl halides is 1. The molecule has 0 aliphatic heterocycles. The number of rotatable bonds is 2. The van der Waals surface area contributed by atoms with Crippen LogP contribution in [0.15, 0.2) is 24.3 Å². The summed E-state index contributed by atoms with van der Waals surface area (Å²) in [5.41, 5.74) is 1.22. The fourth-order valence-electron chi connectivity index (χ4n) is 1.12. The normalized spacial score (nSPS) is 11.2. The van der Waals surface area contributed by atoms with Crippen molar-refractivity contribution in [2.45, 2.75) is 31.7 Å². The molecule has 0 saturated carbocycles. The van der Waals surface area contributed by atoms with Crippen LogP contribution >= 0.6 is 15.9 Å². The van der Waals surface area contributed by atoms with Crippen LogP contribution in [0.4, 0.5) is 0 Å². The smallest absolute Gasteiger partial charge is 0.338 e. The summed E-state index contributed by atoms with van der Waals surface area (Å²) >= 11 is 3.35. The van der Waals surface area contributed by atoms with E-state index in [-0.39, 0.29) is 5.97 Å². The largest absolute Gasteiger partial charge is 0.456 e. The van der Waals surface area contributed by atoms with Gasteiger partial charge in [0.25, 0.3) is 0 Å². The standard InChI is InChI=1S/C12H15BrO2/c1-12(2,3)15-11(14)10-6-4-5-9(7-10)8-13/h4-7H,8H2,1-3H3. The van der Waals surface area contributed by atoms with Gasteiger partial charge in [0.05, 0.1) is 5.56 Å². The minimum Gasteiger partial charge on any atom is -0.456 e. The van der Waals surface area contributed by atoms with Crippen LogP contribution in [0.2, 0.25) is 0 Å². The Morgan fingerprint density at radius 3 is 2.60 bits per heavy atom. The van der Waals surface area contributed by atoms with Gasteiger partial charge in [-0.2, -0.15) is 0 Å². The van der Waals surface area contributed by atoms with Gasteiger partial charge in [0, 0.05) is 5.33 Å². The predicted molar refractivity (Wildman–Crippen MR) is 64.2 cm³/mol. The van der Waals surface area contributed by atoms with Gasteiger partial charge >= 0.3 is 5.97 Å². The van der Waals surface area contributed by atoms with Crippen LogP contribution in [0.25, 0.3) is 0 Å². The molecule has 1 aromatic carbocycles. The molecule has 0 atom stereocenters. The molecule has 0 aliphatic carbocycles. The second-order valence-electron chi connectivity index (χ2n) is 4.34. The summed E-state index contributed by atoms with van der Waals surface area (Å²) in [7, 11) is 0. The molecule has 0 unspecified atom stereocenters. The minimum absolute atomic E-state index is 0.273. The van der Waals surface area contributed by atoms with Gasteiger partial charge in [0.1, 0.15) is 5.60 Å². The molecular weight excluding hydrogens is 256 g/mol. The molecule has 0 spiro atoms. The van der Waals surface area contributed by atoms with Gasteiger partial charge in [-0.3, -0.25) is 0 Å². The Hall–Kier alpha value is -0.830. The summed E-state index contributed by atoms with van der Waals surface area (Å²) in [4.78, 5) is 11.7. The lowest BCUT2D eigenvalue weighted by atomic mass is 10.1.